The molecule has 244 valence electrons. The molecule has 0 bridgehead atoms. The van der Waals surface area contributed by atoms with Crippen LogP contribution >= 0.6 is 0 Å². The summed E-state index contributed by atoms with van der Waals surface area (Å²) in [5.74, 6) is 0.590. The fraction of sp³-hybridized carbons (Fsp3) is 0.543. The van der Waals surface area contributed by atoms with E-state index in [1.165, 1.54) is 6.07 Å². The second-order valence-electron chi connectivity index (χ2n) is 13.7. The Kier molecular flexibility index (Phi) is 8.92. The van der Waals surface area contributed by atoms with E-state index in [1.54, 1.807) is 4.90 Å². The van der Waals surface area contributed by atoms with Gasteiger partial charge in [-0.25, -0.2) is 15.8 Å². The Bertz CT molecular complexity index is 1650. The first-order chi connectivity index (χ1) is 22.0. The Balaban J connectivity index is 1.33. The molecule has 0 radical (unpaired) electrons. The van der Waals surface area contributed by atoms with Gasteiger partial charge in [-0.2, -0.15) is 9.97 Å². The summed E-state index contributed by atoms with van der Waals surface area (Å²) in [6.07, 6.45) is 2.52. The van der Waals surface area contributed by atoms with E-state index in [-0.39, 0.29) is 18.4 Å². The van der Waals surface area contributed by atoms with E-state index in [0.29, 0.717) is 56.8 Å². The van der Waals surface area contributed by atoms with Crippen molar-refractivity contribution >= 4 is 28.4 Å². The van der Waals surface area contributed by atoms with Crippen molar-refractivity contribution in [1.29, 1.82) is 0 Å². The summed E-state index contributed by atoms with van der Waals surface area (Å²) in [6.45, 7) is 19.4. The van der Waals surface area contributed by atoms with Gasteiger partial charge in [0.2, 0.25) is 6.54 Å². The first kappa shape index (κ1) is 31.8. The molecule has 11 heteroatoms. The molecule has 0 N–H and O–H groups in total. The molecule has 1 aromatic heterocycles. The fourth-order valence-electron chi connectivity index (χ4n) is 6.93. The molecule has 2 atom stereocenters. The Hall–Kier alpha value is -4.17. The van der Waals surface area contributed by atoms with Crippen LogP contribution in [0.4, 0.5) is 20.7 Å². The molecule has 0 spiro atoms. The Morgan fingerprint density at radius 1 is 1.09 bits per heavy atom. The summed E-state index contributed by atoms with van der Waals surface area (Å²) >= 11 is 0. The number of amides is 1. The van der Waals surface area contributed by atoms with Crippen LogP contribution in [0.15, 0.2) is 30.3 Å². The number of aryl methyl sites for hydroxylation is 1. The minimum atomic E-state index is -0.623. The fourth-order valence-corrected chi connectivity index (χ4v) is 6.93. The number of carbonyl (C=O) groups excluding carboxylic acids is 1. The van der Waals surface area contributed by atoms with Crippen LogP contribution < -0.4 is 14.5 Å². The van der Waals surface area contributed by atoms with Crippen LogP contribution in [0.25, 0.3) is 15.6 Å². The minimum absolute atomic E-state index is 0.172. The molecule has 2 aromatic carbocycles. The van der Waals surface area contributed by atoms with Crippen molar-refractivity contribution in [3.63, 3.8) is 0 Å². The number of hydrogen-bond donors (Lipinski definition) is 0. The van der Waals surface area contributed by atoms with Crippen LogP contribution in [0, 0.1) is 19.3 Å². The second kappa shape index (κ2) is 12.9. The van der Waals surface area contributed by atoms with Gasteiger partial charge < -0.3 is 29.0 Å². The molecule has 4 heterocycles. The number of aromatic nitrogens is 2. The monoisotopic (exact) mass is 629 g/mol. The van der Waals surface area contributed by atoms with Crippen molar-refractivity contribution in [2.45, 2.75) is 71.2 Å². The van der Waals surface area contributed by atoms with E-state index in [0.717, 1.165) is 59.5 Å². The minimum Gasteiger partial charge on any atom is -0.462 e. The van der Waals surface area contributed by atoms with Crippen molar-refractivity contribution in [2.75, 3.05) is 62.7 Å². The maximum Gasteiger partial charge on any atom is 0.410 e. The van der Waals surface area contributed by atoms with E-state index < -0.39 is 11.7 Å². The van der Waals surface area contributed by atoms with Gasteiger partial charge in [0.1, 0.15) is 29.9 Å². The smallest absolute Gasteiger partial charge is 0.410 e. The molecule has 3 aromatic rings. The SMILES string of the molecule is [C-]#[N+]C[C@H]1CN(c2nc(OC[C@@H]3CCCN3C)nc3c2CCN(c2cccc4ccc(F)c(C)c24)C3)CCN1C(=O)OC(C)(C)C. The van der Waals surface area contributed by atoms with Gasteiger partial charge in [-0.05, 0) is 83.6 Å². The molecular weight excluding hydrogens is 585 g/mol. The molecule has 2 saturated heterocycles. The lowest BCUT2D eigenvalue weighted by Gasteiger charge is -2.41. The highest BCUT2D eigenvalue weighted by molar-refractivity contribution is 5.97. The third-order valence-corrected chi connectivity index (χ3v) is 9.37. The van der Waals surface area contributed by atoms with Gasteiger partial charge in [-0.15, -0.1) is 0 Å². The second-order valence-corrected chi connectivity index (χ2v) is 13.7. The maximum absolute atomic E-state index is 14.7. The summed E-state index contributed by atoms with van der Waals surface area (Å²) in [5.41, 5.74) is 2.94. The van der Waals surface area contributed by atoms with E-state index in [4.69, 9.17) is 26.0 Å². The normalized spacial score (nSPS) is 20.5. The number of anilines is 2. The van der Waals surface area contributed by atoms with Gasteiger partial charge in [-0.3, -0.25) is 4.90 Å². The zero-order chi connectivity index (χ0) is 32.6. The number of benzene rings is 2. The predicted octanol–water partition coefficient (Wildman–Crippen LogP) is 5.46. The van der Waals surface area contributed by atoms with Crippen LogP contribution in [-0.2, 0) is 17.7 Å². The standard InChI is InChI=1S/C35H44FN7O3/c1-23-28(36)13-12-24-9-7-11-30(31(23)24)41-16-14-27-29(21-41)38-33(45-22-25-10-8-15-40(25)6)39-32(27)42-17-18-43(26(20-42)19-37-5)34(44)46-35(2,3)4/h7,9,11-13,25-26H,8,10,14-22H2,1-4,6H3/t25-,26-/m0/s1. The summed E-state index contributed by atoms with van der Waals surface area (Å²) in [6, 6.07) is 9.78. The van der Waals surface area contributed by atoms with Crippen molar-refractivity contribution in [3.05, 3.63) is 64.4 Å². The van der Waals surface area contributed by atoms with Crippen molar-refractivity contribution in [3.8, 4) is 6.01 Å². The van der Waals surface area contributed by atoms with Gasteiger partial charge in [0, 0.05) is 48.9 Å². The van der Waals surface area contributed by atoms with E-state index in [2.05, 4.69) is 32.7 Å². The molecule has 0 unspecified atom stereocenters. The Labute approximate surface area is 270 Å². The zero-order valence-electron chi connectivity index (χ0n) is 27.6. The number of likely N-dealkylation sites (tertiary alicyclic amines) is 1. The maximum atomic E-state index is 14.7. The molecule has 46 heavy (non-hydrogen) atoms. The van der Waals surface area contributed by atoms with Gasteiger partial charge in [0.25, 0.3) is 0 Å². The third-order valence-electron chi connectivity index (χ3n) is 9.37. The van der Waals surface area contributed by atoms with Gasteiger partial charge in [0.15, 0.2) is 0 Å². The lowest BCUT2D eigenvalue weighted by atomic mass is 9.99. The van der Waals surface area contributed by atoms with Crippen LogP contribution in [-0.4, -0.2) is 96.5 Å². The van der Waals surface area contributed by atoms with Crippen molar-refractivity contribution < 1.29 is 18.7 Å². The molecule has 0 saturated carbocycles. The average molecular weight is 630 g/mol. The molecule has 3 aliphatic heterocycles. The molecule has 6 rings (SSSR count). The number of halogens is 1. The first-order valence-electron chi connectivity index (χ1n) is 16.3. The number of nitrogens with zero attached hydrogens (tertiary/aromatic N) is 7. The quantitative estimate of drug-likeness (QED) is 0.333. The van der Waals surface area contributed by atoms with Crippen LogP contribution in [0.3, 0.4) is 0 Å². The number of fused-ring (bicyclic) bond motifs is 2. The Morgan fingerprint density at radius 3 is 2.65 bits per heavy atom. The number of rotatable bonds is 6. The van der Waals surface area contributed by atoms with Crippen molar-refractivity contribution in [1.82, 2.24) is 19.8 Å². The summed E-state index contributed by atoms with van der Waals surface area (Å²) in [7, 11) is 2.12. The largest absolute Gasteiger partial charge is 0.462 e. The molecule has 10 nitrogen and oxygen atoms in total. The summed E-state index contributed by atoms with van der Waals surface area (Å²) in [4.78, 5) is 35.1. The van der Waals surface area contributed by atoms with Gasteiger partial charge >= 0.3 is 12.1 Å². The summed E-state index contributed by atoms with van der Waals surface area (Å²) < 4.78 is 26.7. The molecule has 1 amide bonds. The lowest BCUT2D eigenvalue weighted by Crippen LogP contribution is -2.57. The average Bonchev–Trinajstić information content (AvgIpc) is 3.44. The van der Waals surface area contributed by atoms with E-state index >= 15 is 0 Å². The topological polar surface area (TPSA) is 78.6 Å². The third kappa shape index (κ3) is 6.54. The van der Waals surface area contributed by atoms with Crippen LogP contribution in [0.2, 0.25) is 0 Å². The highest BCUT2D eigenvalue weighted by Gasteiger charge is 2.37. The van der Waals surface area contributed by atoms with Crippen molar-refractivity contribution in [2.24, 2.45) is 0 Å². The highest BCUT2D eigenvalue weighted by Crippen LogP contribution is 2.36. The zero-order valence-corrected chi connectivity index (χ0v) is 27.6. The molecule has 0 aliphatic carbocycles. The number of hydrogen-bond acceptors (Lipinski definition) is 8. The highest BCUT2D eigenvalue weighted by atomic mass is 19.1. The van der Waals surface area contributed by atoms with E-state index in [1.807, 2.05) is 45.9 Å². The first-order valence-corrected chi connectivity index (χ1v) is 16.3. The number of carbonyl (C=O) groups is 1. The molecule has 2 fully saturated rings. The van der Waals surface area contributed by atoms with Crippen LogP contribution in [0.1, 0.15) is 50.4 Å². The number of piperazine rings is 1. The predicted molar refractivity (Wildman–Crippen MR) is 177 cm³/mol. The number of ether oxygens (including phenoxy) is 2. The van der Waals surface area contributed by atoms with Crippen LogP contribution in [0.5, 0.6) is 6.01 Å². The number of likely N-dealkylation sites (N-methyl/N-ethyl adjacent to an activating group) is 1. The van der Waals surface area contributed by atoms with E-state index in [9.17, 15) is 9.18 Å². The molecule has 3 aliphatic rings. The lowest BCUT2D eigenvalue weighted by molar-refractivity contribution is 0.0155. The van der Waals surface area contributed by atoms with Gasteiger partial charge in [-0.1, -0.05) is 18.2 Å². The summed E-state index contributed by atoms with van der Waals surface area (Å²) in [5, 5.41) is 1.92. The van der Waals surface area contributed by atoms with Gasteiger partial charge in [0.05, 0.1) is 12.2 Å². The Morgan fingerprint density at radius 2 is 1.91 bits per heavy atom. The molecular formula is C35H44FN7O3.